The van der Waals surface area contributed by atoms with Crippen LogP contribution >= 0.6 is 0 Å². The molecule has 3 heterocycles. The Kier molecular flexibility index (Phi) is 3.42. The van der Waals surface area contributed by atoms with Crippen LogP contribution in [0.2, 0.25) is 0 Å². The maximum Gasteiger partial charge on any atom is 0.289 e. The van der Waals surface area contributed by atoms with Crippen LogP contribution in [0.15, 0.2) is 53.3 Å². The molecule has 1 saturated heterocycles. The van der Waals surface area contributed by atoms with Gasteiger partial charge in [0.2, 0.25) is 0 Å². The molecular formula is C17H16N4O2. The summed E-state index contributed by atoms with van der Waals surface area (Å²) in [7, 11) is 0. The van der Waals surface area contributed by atoms with Crippen LogP contribution in [0.1, 0.15) is 10.6 Å². The van der Waals surface area contributed by atoms with Gasteiger partial charge in [-0.05, 0) is 12.1 Å². The lowest BCUT2D eigenvalue weighted by Crippen LogP contribution is -2.49. The van der Waals surface area contributed by atoms with E-state index in [2.05, 4.69) is 21.2 Å². The second-order valence-corrected chi connectivity index (χ2v) is 5.51. The summed E-state index contributed by atoms with van der Waals surface area (Å²) in [4.78, 5) is 16.3. The highest BCUT2D eigenvalue weighted by molar-refractivity contribution is 5.93. The third-order valence-corrected chi connectivity index (χ3v) is 4.15. The first-order valence-corrected chi connectivity index (χ1v) is 7.61. The molecule has 6 nitrogen and oxygen atoms in total. The number of carbonyl (C=O) groups is 1. The normalized spacial score (nSPS) is 15.1. The zero-order chi connectivity index (χ0) is 15.6. The van der Waals surface area contributed by atoms with E-state index in [1.807, 2.05) is 23.1 Å². The number of piperazine rings is 1. The number of hydrogen-bond donors (Lipinski definition) is 0. The molecular weight excluding hydrogens is 292 g/mol. The SMILES string of the molecule is O=C(c1ccco1)N1CCN(c2nncc3ccccc23)CC1. The molecule has 0 radical (unpaired) electrons. The highest BCUT2D eigenvalue weighted by atomic mass is 16.3. The summed E-state index contributed by atoms with van der Waals surface area (Å²) in [6.07, 6.45) is 3.30. The second kappa shape index (κ2) is 5.72. The highest BCUT2D eigenvalue weighted by Gasteiger charge is 2.25. The number of nitrogens with zero attached hydrogens (tertiary/aromatic N) is 4. The van der Waals surface area contributed by atoms with Crippen molar-refractivity contribution in [3.05, 3.63) is 54.6 Å². The molecule has 0 N–H and O–H groups in total. The summed E-state index contributed by atoms with van der Waals surface area (Å²) in [5.41, 5.74) is 0. The largest absolute Gasteiger partial charge is 0.459 e. The Morgan fingerprint density at radius 1 is 1.04 bits per heavy atom. The first-order chi connectivity index (χ1) is 11.3. The molecule has 3 aromatic rings. The van der Waals surface area contributed by atoms with Crippen molar-refractivity contribution in [3.63, 3.8) is 0 Å². The van der Waals surface area contributed by atoms with Gasteiger partial charge in [0.05, 0.1) is 12.5 Å². The van der Waals surface area contributed by atoms with Gasteiger partial charge in [0.25, 0.3) is 5.91 Å². The van der Waals surface area contributed by atoms with Crippen LogP contribution in [0.3, 0.4) is 0 Å². The van der Waals surface area contributed by atoms with Gasteiger partial charge in [0, 0.05) is 37.0 Å². The number of carbonyl (C=O) groups excluding carboxylic acids is 1. The number of anilines is 1. The number of hydrogen-bond acceptors (Lipinski definition) is 5. The first-order valence-electron chi connectivity index (χ1n) is 7.61. The lowest BCUT2D eigenvalue weighted by atomic mass is 10.1. The average Bonchev–Trinajstić information content (AvgIpc) is 3.15. The molecule has 6 heteroatoms. The Hall–Kier alpha value is -2.89. The van der Waals surface area contributed by atoms with Gasteiger partial charge in [-0.15, -0.1) is 5.10 Å². The van der Waals surface area contributed by atoms with Gasteiger partial charge < -0.3 is 14.2 Å². The van der Waals surface area contributed by atoms with E-state index < -0.39 is 0 Å². The fraction of sp³-hybridized carbons (Fsp3) is 0.235. The van der Waals surface area contributed by atoms with E-state index in [0.29, 0.717) is 18.8 Å². The molecule has 1 amide bonds. The summed E-state index contributed by atoms with van der Waals surface area (Å²) in [6.45, 7) is 2.75. The van der Waals surface area contributed by atoms with Crippen LogP contribution < -0.4 is 4.90 Å². The smallest absolute Gasteiger partial charge is 0.289 e. The Labute approximate surface area is 133 Å². The highest BCUT2D eigenvalue weighted by Crippen LogP contribution is 2.24. The summed E-state index contributed by atoms with van der Waals surface area (Å²) < 4.78 is 5.19. The molecule has 0 atom stereocenters. The minimum absolute atomic E-state index is 0.0568. The number of rotatable bonds is 2. The van der Waals surface area contributed by atoms with Crippen molar-refractivity contribution < 1.29 is 9.21 Å². The third kappa shape index (κ3) is 2.52. The van der Waals surface area contributed by atoms with Gasteiger partial charge in [0.15, 0.2) is 11.6 Å². The third-order valence-electron chi connectivity index (χ3n) is 4.15. The minimum atomic E-state index is -0.0568. The molecule has 1 aliphatic heterocycles. The lowest BCUT2D eigenvalue weighted by molar-refractivity contribution is 0.0714. The summed E-state index contributed by atoms with van der Waals surface area (Å²) in [6, 6.07) is 11.5. The van der Waals surface area contributed by atoms with Crippen molar-refractivity contribution in [2.75, 3.05) is 31.1 Å². The number of fused-ring (bicyclic) bond motifs is 1. The van der Waals surface area contributed by atoms with Gasteiger partial charge in [0.1, 0.15) is 0 Å². The van der Waals surface area contributed by atoms with Crippen molar-refractivity contribution in [2.24, 2.45) is 0 Å². The van der Waals surface area contributed by atoms with E-state index in [-0.39, 0.29) is 5.91 Å². The quantitative estimate of drug-likeness (QED) is 0.726. The van der Waals surface area contributed by atoms with Crippen molar-refractivity contribution in [1.29, 1.82) is 0 Å². The van der Waals surface area contributed by atoms with E-state index in [1.165, 1.54) is 6.26 Å². The minimum Gasteiger partial charge on any atom is -0.459 e. The van der Waals surface area contributed by atoms with E-state index in [9.17, 15) is 4.79 Å². The van der Waals surface area contributed by atoms with E-state index in [0.717, 1.165) is 29.7 Å². The molecule has 2 aromatic heterocycles. The van der Waals surface area contributed by atoms with Gasteiger partial charge in [-0.2, -0.15) is 5.10 Å². The molecule has 4 rings (SSSR count). The van der Waals surface area contributed by atoms with Gasteiger partial charge in [-0.25, -0.2) is 0 Å². The topological polar surface area (TPSA) is 62.5 Å². The van der Waals surface area contributed by atoms with E-state index >= 15 is 0 Å². The predicted molar refractivity (Wildman–Crippen MR) is 86.4 cm³/mol. The Morgan fingerprint density at radius 3 is 2.65 bits per heavy atom. The molecule has 1 aliphatic rings. The standard InChI is InChI=1S/C17H16N4O2/c22-17(15-6-3-11-23-15)21-9-7-20(8-10-21)16-14-5-2-1-4-13(14)12-18-19-16/h1-6,11-12H,7-10H2. The van der Waals surface area contributed by atoms with Gasteiger partial charge in [-0.1, -0.05) is 24.3 Å². The zero-order valence-electron chi connectivity index (χ0n) is 12.6. The molecule has 1 aromatic carbocycles. The van der Waals surface area contributed by atoms with Crippen LogP contribution in [0.5, 0.6) is 0 Å². The first kappa shape index (κ1) is 13.8. The molecule has 0 bridgehead atoms. The fourth-order valence-electron chi connectivity index (χ4n) is 2.92. The lowest BCUT2D eigenvalue weighted by Gasteiger charge is -2.35. The number of benzene rings is 1. The fourth-order valence-corrected chi connectivity index (χ4v) is 2.92. The van der Waals surface area contributed by atoms with Gasteiger partial charge in [-0.3, -0.25) is 4.79 Å². The number of amides is 1. The van der Waals surface area contributed by atoms with Crippen LogP contribution in [0.4, 0.5) is 5.82 Å². The van der Waals surface area contributed by atoms with Crippen molar-refractivity contribution >= 4 is 22.5 Å². The molecule has 0 unspecified atom stereocenters. The van der Waals surface area contributed by atoms with Crippen LogP contribution in [0.25, 0.3) is 10.8 Å². The van der Waals surface area contributed by atoms with Crippen LogP contribution in [0, 0.1) is 0 Å². The summed E-state index contributed by atoms with van der Waals surface area (Å²) in [5.74, 6) is 1.22. The van der Waals surface area contributed by atoms with Crippen LogP contribution in [-0.2, 0) is 0 Å². The monoisotopic (exact) mass is 308 g/mol. The maximum absolute atomic E-state index is 12.3. The Morgan fingerprint density at radius 2 is 1.87 bits per heavy atom. The molecule has 1 fully saturated rings. The maximum atomic E-state index is 12.3. The van der Waals surface area contributed by atoms with Crippen molar-refractivity contribution in [1.82, 2.24) is 15.1 Å². The predicted octanol–water partition coefficient (Wildman–Crippen LogP) is 2.19. The molecule has 23 heavy (non-hydrogen) atoms. The molecule has 0 spiro atoms. The average molecular weight is 308 g/mol. The van der Waals surface area contributed by atoms with E-state index in [4.69, 9.17) is 4.42 Å². The summed E-state index contributed by atoms with van der Waals surface area (Å²) in [5, 5.41) is 10.6. The second-order valence-electron chi connectivity index (χ2n) is 5.51. The Bertz CT molecular complexity index is 818. The summed E-state index contributed by atoms with van der Waals surface area (Å²) >= 11 is 0. The Balaban J connectivity index is 1.52. The number of furan rings is 1. The van der Waals surface area contributed by atoms with Crippen molar-refractivity contribution in [2.45, 2.75) is 0 Å². The van der Waals surface area contributed by atoms with Gasteiger partial charge >= 0.3 is 0 Å². The molecule has 116 valence electrons. The molecule has 0 saturated carbocycles. The number of aromatic nitrogens is 2. The van der Waals surface area contributed by atoms with Crippen molar-refractivity contribution in [3.8, 4) is 0 Å². The van der Waals surface area contributed by atoms with Crippen LogP contribution in [-0.4, -0.2) is 47.2 Å². The zero-order valence-corrected chi connectivity index (χ0v) is 12.6. The molecule has 0 aliphatic carbocycles. The van der Waals surface area contributed by atoms with E-state index in [1.54, 1.807) is 18.3 Å².